The third-order valence-corrected chi connectivity index (χ3v) is 5.94. The molecular weight excluding hydrogens is 413 g/mol. The van der Waals surface area contributed by atoms with Crippen LogP contribution in [0, 0.1) is 12.7 Å². The van der Waals surface area contributed by atoms with E-state index in [2.05, 4.69) is 5.32 Å². The largest absolute Gasteiger partial charge is 0.333 e. The molecule has 3 amide bonds. The van der Waals surface area contributed by atoms with Crippen LogP contribution in [0.3, 0.4) is 0 Å². The third kappa shape index (κ3) is 7.98. The number of benzene rings is 1. The fourth-order valence-corrected chi connectivity index (χ4v) is 3.99. The molecular formula is C24H34FN3O2S. The molecule has 0 aliphatic heterocycles. The second-order valence-electron chi connectivity index (χ2n) is 8.95. The Morgan fingerprint density at radius 1 is 1.10 bits per heavy atom. The van der Waals surface area contributed by atoms with E-state index in [0.29, 0.717) is 13.1 Å². The Labute approximate surface area is 189 Å². The van der Waals surface area contributed by atoms with Gasteiger partial charge in [0.05, 0.1) is 6.54 Å². The number of carbonyl (C=O) groups is 2. The number of halogens is 1. The van der Waals surface area contributed by atoms with E-state index in [-0.39, 0.29) is 30.3 Å². The zero-order valence-corrected chi connectivity index (χ0v) is 20.2. The molecule has 0 radical (unpaired) electrons. The number of nitrogens with one attached hydrogen (secondary N) is 1. The van der Waals surface area contributed by atoms with Gasteiger partial charge in [-0.25, -0.2) is 9.18 Å². The lowest BCUT2D eigenvalue weighted by Crippen LogP contribution is -2.54. The first-order valence-electron chi connectivity index (χ1n) is 10.6. The van der Waals surface area contributed by atoms with Crippen molar-refractivity contribution in [3.63, 3.8) is 0 Å². The maximum absolute atomic E-state index is 13.4. The highest BCUT2D eigenvalue weighted by molar-refractivity contribution is 7.11. The molecule has 170 valence electrons. The summed E-state index contributed by atoms with van der Waals surface area (Å²) in [7, 11) is 0. The molecule has 0 aliphatic carbocycles. The maximum Gasteiger partial charge on any atom is 0.318 e. The summed E-state index contributed by atoms with van der Waals surface area (Å²) in [5.74, 6) is -0.447. The highest BCUT2D eigenvalue weighted by Gasteiger charge is 2.27. The molecule has 7 heteroatoms. The van der Waals surface area contributed by atoms with Crippen molar-refractivity contribution in [2.45, 2.75) is 72.6 Å². The first kappa shape index (κ1) is 24.9. The van der Waals surface area contributed by atoms with Crippen LogP contribution in [0.25, 0.3) is 0 Å². The summed E-state index contributed by atoms with van der Waals surface area (Å²) in [6, 6.07) is 9.89. The Kier molecular flexibility index (Phi) is 8.62. The standard InChI is InChI=1S/C24H34FN3O2S/c1-7-17(2)28(23(30)26-24(4,5)6)16-22(29)27(15-21-13-8-18(3)31-21)14-19-9-11-20(25)12-10-19/h8-13,17H,7,14-16H2,1-6H3,(H,26,30)/t17-/m0/s1. The van der Waals surface area contributed by atoms with Crippen molar-refractivity contribution in [2.75, 3.05) is 6.54 Å². The minimum Gasteiger partial charge on any atom is -0.333 e. The van der Waals surface area contributed by atoms with E-state index in [4.69, 9.17) is 0 Å². The average molecular weight is 448 g/mol. The highest BCUT2D eigenvalue weighted by Crippen LogP contribution is 2.19. The van der Waals surface area contributed by atoms with E-state index in [1.54, 1.807) is 33.3 Å². The quantitative estimate of drug-likeness (QED) is 0.594. The van der Waals surface area contributed by atoms with Crippen LogP contribution in [0.4, 0.5) is 9.18 Å². The lowest BCUT2D eigenvalue weighted by Gasteiger charge is -2.33. The fraction of sp³-hybridized carbons (Fsp3) is 0.500. The lowest BCUT2D eigenvalue weighted by atomic mass is 10.1. The van der Waals surface area contributed by atoms with E-state index in [1.165, 1.54) is 17.0 Å². The van der Waals surface area contributed by atoms with Crippen LogP contribution in [0.2, 0.25) is 0 Å². The molecule has 1 aromatic carbocycles. The van der Waals surface area contributed by atoms with Gasteiger partial charge in [0.2, 0.25) is 5.91 Å². The summed E-state index contributed by atoms with van der Waals surface area (Å²) < 4.78 is 13.3. The number of hydrogen-bond donors (Lipinski definition) is 1. The number of aryl methyl sites for hydroxylation is 1. The van der Waals surface area contributed by atoms with Crippen LogP contribution in [0.5, 0.6) is 0 Å². The summed E-state index contributed by atoms with van der Waals surface area (Å²) in [6.07, 6.45) is 0.743. The summed E-state index contributed by atoms with van der Waals surface area (Å²) in [5.41, 5.74) is 0.450. The Bertz CT molecular complexity index is 874. The average Bonchev–Trinajstić information content (AvgIpc) is 3.09. The predicted octanol–water partition coefficient (Wildman–Crippen LogP) is 5.33. The Hall–Kier alpha value is -2.41. The van der Waals surface area contributed by atoms with E-state index >= 15 is 0 Å². The minimum absolute atomic E-state index is 0.0114. The van der Waals surface area contributed by atoms with E-state index in [0.717, 1.165) is 16.9 Å². The number of carbonyl (C=O) groups excluding carboxylic acids is 2. The van der Waals surface area contributed by atoms with Crippen LogP contribution in [0.1, 0.15) is 56.4 Å². The second-order valence-corrected chi connectivity index (χ2v) is 10.3. The van der Waals surface area contributed by atoms with E-state index < -0.39 is 5.54 Å². The molecule has 0 fully saturated rings. The number of nitrogens with zero attached hydrogens (tertiary/aromatic N) is 2. The first-order chi connectivity index (χ1) is 14.5. The van der Waals surface area contributed by atoms with Gasteiger partial charge in [0.15, 0.2) is 0 Å². The smallest absolute Gasteiger partial charge is 0.318 e. The van der Waals surface area contributed by atoms with Crippen LogP contribution in [0.15, 0.2) is 36.4 Å². The molecule has 2 aromatic rings. The Morgan fingerprint density at radius 3 is 2.26 bits per heavy atom. The van der Waals surface area contributed by atoms with Gasteiger partial charge < -0.3 is 15.1 Å². The van der Waals surface area contributed by atoms with Gasteiger partial charge in [0.25, 0.3) is 0 Å². The molecule has 1 atom stereocenters. The molecule has 0 spiro atoms. The summed E-state index contributed by atoms with van der Waals surface area (Å²) >= 11 is 1.64. The van der Waals surface area contributed by atoms with Gasteiger partial charge in [0, 0.05) is 27.9 Å². The van der Waals surface area contributed by atoms with Crippen molar-refractivity contribution in [3.8, 4) is 0 Å². The molecule has 1 aromatic heterocycles. The van der Waals surface area contributed by atoms with Gasteiger partial charge in [0.1, 0.15) is 12.4 Å². The van der Waals surface area contributed by atoms with Crippen LogP contribution in [-0.2, 0) is 17.9 Å². The first-order valence-corrected chi connectivity index (χ1v) is 11.5. The van der Waals surface area contributed by atoms with Crippen molar-refractivity contribution in [1.29, 1.82) is 0 Å². The second kappa shape index (κ2) is 10.8. The molecule has 0 unspecified atom stereocenters. The normalized spacial score (nSPS) is 12.4. The van der Waals surface area contributed by atoms with E-state index in [9.17, 15) is 14.0 Å². The molecule has 31 heavy (non-hydrogen) atoms. The topological polar surface area (TPSA) is 52.7 Å². The van der Waals surface area contributed by atoms with Crippen molar-refractivity contribution >= 4 is 23.3 Å². The fourth-order valence-electron chi connectivity index (χ4n) is 3.09. The van der Waals surface area contributed by atoms with E-state index in [1.807, 2.05) is 53.7 Å². The molecule has 1 heterocycles. The van der Waals surface area contributed by atoms with Crippen LogP contribution >= 0.6 is 11.3 Å². The van der Waals surface area contributed by atoms with Gasteiger partial charge in [-0.15, -0.1) is 11.3 Å². The summed E-state index contributed by atoms with van der Waals surface area (Å²) in [4.78, 5) is 31.8. The van der Waals surface area contributed by atoms with Gasteiger partial charge in [-0.1, -0.05) is 19.1 Å². The summed E-state index contributed by atoms with van der Waals surface area (Å²) in [6.45, 7) is 12.5. The maximum atomic E-state index is 13.4. The minimum atomic E-state index is -0.395. The van der Waals surface area contributed by atoms with Crippen molar-refractivity contribution in [2.24, 2.45) is 0 Å². The van der Waals surface area contributed by atoms with Crippen LogP contribution in [-0.4, -0.2) is 39.9 Å². The lowest BCUT2D eigenvalue weighted by molar-refractivity contribution is -0.133. The van der Waals surface area contributed by atoms with Crippen molar-refractivity contribution in [3.05, 3.63) is 57.5 Å². The van der Waals surface area contributed by atoms with Gasteiger partial charge in [-0.3, -0.25) is 4.79 Å². The third-order valence-electron chi connectivity index (χ3n) is 4.95. The van der Waals surface area contributed by atoms with Gasteiger partial charge in [-0.2, -0.15) is 0 Å². The number of rotatable bonds is 8. The monoisotopic (exact) mass is 447 g/mol. The molecule has 0 saturated heterocycles. The number of urea groups is 1. The Balaban J connectivity index is 2.23. The van der Waals surface area contributed by atoms with Crippen molar-refractivity contribution in [1.82, 2.24) is 15.1 Å². The highest BCUT2D eigenvalue weighted by atomic mass is 32.1. The van der Waals surface area contributed by atoms with Crippen molar-refractivity contribution < 1.29 is 14.0 Å². The number of hydrogen-bond acceptors (Lipinski definition) is 3. The predicted molar refractivity (Wildman–Crippen MR) is 124 cm³/mol. The number of thiophene rings is 1. The molecule has 1 N–H and O–H groups in total. The summed E-state index contributed by atoms with van der Waals surface area (Å²) in [5, 5.41) is 2.96. The van der Waals surface area contributed by atoms with Gasteiger partial charge in [-0.05, 0) is 70.9 Å². The molecule has 0 saturated carbocycles. The molecule has 0 bridgehead atoms. The van der Waals surface area contributed by atoms with Gasteiger partial charge >= 0.3 is 6.03 Å². The molecule has 2 rings (SSSR count). The zero-order valence-electron chi connectivity index (χ0n) is 19.4. The Morgan fingerprint density at radius 2 is 1.74 bits per heavy atom. The zero-order chi connectivity index (χ0) is 23.2. The SMILES string of the molecule is CC[C@H](C)N(CC(=O)N(Cc1ccc(F)cc1)Cc1ccc(C)s1)C(=O)NC(C)(C)C. The molecule has 0 aliphatic rings. The number of amides is 3. The molecule has 5 nitrogen and oxygen atoms in total. The van der Waals surface area contributed by atoms with Crippen LogP contribution < -0.4 is 5.32 Å².